The number of hydrogen-bond acceptors (Lipinski definition) is 5. The quantitative estimate of drug-likeness (QED) is 0.632. The largest absolute Gasteiger partial charge is 0.497 e. The van der Waals surface area contributed by atoms with Crippen LogP contribution in [0.5, 0.6) is 5.75 Å². The molecule has 2 heterocycles. The number of methoxy groups -OCH3 is 1. The second kappa shape index (κ2) is 9.74. The summed E-state index contributed by atoms with van der Waals surface area (Å²) < 4.78 is 32.0. The third-order valence-corrected chi connectivity index (χ3v) is 5.44. The summed E-state index contributed by atoms with van der Waals surface area (Å²) in [5.41, 5.74) is 1.47. The Kier molecular flexibility index (Phi) is 6.61. The lowest BCUT2D eigenvalue weighted by molar-refractivity contribution is 0.102. The number of anilines is 2. The number of nitrogens with one attached hydrogen (secondary N) is 1. The van der Waals surface area contributed by atoms with Crippen LogP contribution in [-0.4, -0.2) is 49.1 Å². The van der Waals surface area contributed by atoms with Crippen LogP contribution >= 0.6 is 0 Å². The van der Waals surface area contributed by atoms with Crippen LogP contribution in [0.25, 0.3) is 0 Å². The van der Waals surface area contributed by atoms with E-state index in [2.05, 4.69) is 32.2 Å². The molecule has 1 saturated heterocycles. The van der Waals surface area contributed by atoms with E-state index < -0.39 is 17.5 Å². The van der Waals surface area contributed by atoms with E-state index in [4.69, 9.17) is 4.74 Å². The van der Waals surface area contributed by atoms with Gasteiger partial charge in [0.2, 0.25) is 0 Å². The fourth-order valence-electron chi connectivity index (χ4n) is 3.64. The van der Waals surface area contributed by atoms with Crippen LogP contribution < -0.4 is 15.0 Å². The number of carbonyl (C=O) groups is 1. The molecular weight excluding hydrogens is 414 g/mol. The highest BCUT2D eigenvalue weighted by Crippen LogP contribution is 2.19. The first-order chi connectivity index (χ1) is 15.5. The highest BCUT2D eigenvalue weighted by molar-refractivity contribution is 6.04. The fraction of sp³-hybridized carbons (Fsp3) is 0.250. The van der Waals surface area contributed by atoms with Crippen LogP contribution in [0, 0.1) is 11.6 Å². The van der Waals surface area contributed by atoms with E-state index in [1.54, 1.807) is 19.4 Å². The SMILES string of the molecule is COc1ccc(CN2CCN(c3ccc(NC(=O)c4ccc(F)cc4F)cn3)CC2)cc1. The number of pyridine rings is 1. The van der Waals surface area contributed by atoms with Crippen molar-refractivity contribution in [3.8, 4) is 5.75 Å². The van der Waals surface area contributed by atoms with Crippen LogP contribution in [0.3, 0.4) is 0 Å². The highest BCUT2D eigenvalue weighted by Gasteiger charge is 2.19. The summed E-state index contributed by atoms with van der Waals surface area (Å²) in [5.74, 6) is -0.606. The number of ether oxygens (including phenoxy) is 1. The molecule has 1 amide bonds. The second-order valence-electron chi connectivity index (χ2n) is 7.59. The lowest BCUT2D eigenvalue weighted by Gasteiger charge is -2.35. The standard InChI is InChI=1S/C24H24F2N4O2/c1-32-20-6-2-17(3-7-20)16-29-10-12-30(13-11-29)23-9-5-19(15-27-23)28-24(31)21-8-4-18(25)14-22(21)26/h2-9,14-15H,10-13,16H2,1H3,(H,28,31). The van der Waals surface area contributed by atoms with E-state index in [9.17, 15) is 13.6 Å². The summed E-state index contributed by atoms with van der Waals surface area (Å²) in [6, 6.07) is 14.5. The van der Waals surface area contributed by atoms with Gasteiger partial charge >= 0.3 is 0 Å². The highest BCUT2D eigenvalue weighted by atomic mass is 19.1. The molecule has 4 rings (SSSR count). The van der Waals surface area contributed by atoms with Crippen molar-refractivity contribution in [3.05, 3.63) is 83.6 Å². The zero-order valence-corrected chi connectivity index (χ0v) is 17.7. The van der Waals surface area contributed by atoms with Crippen LogP contribution in [0.15, 0.2) is 60.8 Å². The first-order valence-electron chi connectivity index (χ1n) is 10.3. The summed E-state index contributed by atoms with van der Waals surface area (Å²) in [7, 11) is 1.66. The van der Waals surface area contributed by atoms with Crippen LogP contribution in [0.2, 0.25) is 0 Å². The predicted molar refractivity (Wildman–Crippen MR) is 119 cm³/mol. The molecule has 3 aromatic rings. The Bertz CT molecular complexity index is 1070. The molecule has 0 atom stereocenters. The molecule has 32 heavy (non-hydrogen) atoms. The number of carbonyl (C=O) groups excluding carboxylic acids is 1. The first kappa shape index (κ1) is 21.7. The number of amides is 1. The number of rotatable bonds is 6. The molecule has 166 valence electrons. The monoisotopic (exact) mass is 438 g/mol. The number of piperazine rings is 1. The maximum Gasteiger partial charge on any atom is 0.258 e. The average Bonchev–Trinajstić information content (AvgIpc) is 2.80. The van der Waals surface area contributed by atoms with Crippen molar-refractivity contribution < 1.29 is 18.3 Å². The van der Waals surface area contributed by atoms with E-state index >= 15 is 0 Å². The number of benzene rings is 2. The van der Waals surface area contributed by atoms with Crippen LogP contribution in [0.1, 0.15) is 15.9 Å². The average molecular weight is 438 g/mol. The molecule has 0 aliphatic carbocycles. The van der Waals surface area contributed by atoms with Gasteiger partial charge in [-0.2, -0.15) is 0 Å². The van der Waals surface area contributed by atoms with Crippen molar-refractivity contribution in [1.82, 2.24) is 9.88 Å². The Balaban J connectivity index is 1.30. The van der Waals surface area contributed by atoms with Gasteiger partial charge in [-0.25, -0.2) is 13.8 Å². The van der Waals surface area contributed by atoms with Gasteiger partial charge in [0, 0.05) is 38.8 Å². The van der Waals surface area contributed by atoms with E-state index in [1.807, 2.05) is 18.2 Å². The molecule has 0 radical (unpaired) electrons. The third kappa shape index (κ3) is 5.20. The molecule has 0 spiro atoms. The van der Waals surface area contributed by atoms with Crippen LogP contribution in [0.4, 0.5) is 20.3 Å². The zero-order chi connectivity index (χ0) is 22.5. The molecule has 0 saturated carbocycles. The topological polar surface area (TPSA) is 57.7 Å². The Labute approximate surface area is 185 Å². The van der Waals surface area contributed by atoms with Gasteiger partial charge in [0.05, 0.1) is 24.6 Å². The van der Waals surface area contributed by atoms with Gasteiger partial charge in [-0.15, -0.1) is 0 Å². The first-order valence-corrected chi connectivity index (χ1v) is 10.3. The van der Waals surface area contributed by atoms with Gasteiger partial charge in [-0.05, 0) is 42.0 Å². The molecule has 0 bridgehead atoms. The lowest BCUT2D eigenvalue weighted by atomic mass is 10.2. The normalized spacial score (nSPS) is 14.3. The van der Waals surface area contributed by atoms with E-state index in [0.29, 0.717) is 11.8 Å². The zero-order valence-electron chi connectivity index (χ0n) is 17.7. The molecule has 2 aromatic carbocycles. The Morgan fingerprint density at radius 3 is 2.41 bits per heavy atom. The minimum Gasteiger partial charge on any atom is -0.497 e. The second-order valence-corrected chi connectivity index (χ2v) is 7.59. The van der Waals surface area contributed by atoms with Gasteiger partial charge in [0.15, 0.2) is 0 Å². The smallest absolute Gasteiger partial charge is 0.258 e. The number of halogens is 2. The summed E-state index contributed by atoms with van der Waals surface area (Å²) in [4.78, 5) is 21.3. The van der Waals surface area contributed by atoms with Crippen molar-refractivity contribution in [2.75, 3.05) is 43.5 Å². The van der Waals surface area contributed by atoms with E-state index in [1.165, 1.54) is 5.56 Å². The summed E-state index contributed by atoms with van der Waals surface area (Å²) in [6.07, 6.45) is 1.54. The summed E-state index contributed by atoms with van der Waals surface area (Å²) in [6.45, 7) is 4.40. The summed E-state index contributed by atoms with van der Waals surface area (Å²) in [5, 5.41) is 2.59. The number of nitrogens with zero attached hydrogens (tertiary/aromatic N) is 3. The summed E-state index contributed by atoms with van der Waals surface area (Å²) >= 11 is 0. The van der Waals surface area contributed by atoms with E-state index in [0.717, 1.165) is 56.4 Å². The minimum atomic E-state index is -0.903. The molecule has 1 N–H and O–H groups in total. The molecule has 0 unspecified atom stereocenters. The van der Waals surface area contributed by atoms with Gasteiger partial charge in [-0.1, -0.05) is 12.1 Å². The van der Waals surface area contributed by atoms with E-state index in [-0.39, 0.29) is 5.56 Å². The van der Waals surface area contributed by atoms with Crippen molar-refractivity contribution in [3.63, 3.8) is 0 Å². The molecule has 1 aliphatic rings. The maximum absolute atomic E-state index is 13.8. The van der Waals surface area contributed by atoms with Crippen molar-refractivity contribution in [2.45, 2.75) is 6.54 Å². The molecule has 1 fully saturated rings. The maximum atomic E-state index is 13.8. The molecule has 6 nitrogen and oxygen atoms in total. The molecule has 1 aliphatic heterocycles. The van der Waals surface area contributed by atoms with Crippen molar-refractivity contribution >= 4 is 17.4 Å². The fourth-order valence-corrected chi connectivity index (χ4v) is 3.64. The molecule has 8 heteroatoms. The molecule has 1 aromatic heterocycles. The van der Waals surface area contributed by atoms with Crippen molar-refractivity contribution in [1.29, 1.82) is 0 Å². The number of aromatic nitrogens is 1. The number of hydrogen-bond donors (Lipinski definition) is 1. The third-order valence-electron chi connectivity index (χ3n) is 5.44. The van der Waals surface area contributed by atoms with Gasteiger partial charge in [-0.3, -0.25) is 9.69 Å². The minimum absolute atomic E-state index is 0.219. The van der Waals surface area contributed by atoms with Crippen LogP contribution in [-0.2, 0) is 6.54 Å². The lowest BCUT2D eigenvalue weighted by Crippen LogP contribution is -2.46. The Hall–Kier alpha value is -3.52. The van der Waals surface area contributed by atoms with Gasteiger partial charge in [0.1, 0.15) is 23.2 Å². The van der Waals surface area contributed by atoms with Gasteiger partial charge < -0.3 is 15.0 Å². The Morgan fingerprint density at radius 1 is 1.03 bits per heavy atom. The van der Waals surface area contributed by atoms with Crippen molar-refractivity contribution in [2.24, 2.45) is 0 Å². The predicted octanol–water partition coefficient (Wildman–Crippen LogP) is 3.94. The molecular formula is C24H24F2N4O2. The van der Waals surface area contributed by atoms with Gasteiger partial charge in [0.25, 0.3) is 5.91 Å². The Morgan fingerprint density at radius 2 is 1.78 bits per heavy atom.